The Bertz CT molecular complexity index is 614. The van der Waals surface area contributed by atoms with Crippen molar-refractivity contribution in [2.45, 2.75) is 6.42 Å². The van der Waals surface area contributed by atoms with Crippen LogP contribution in [0.25, 0.3) is 0 Å². The number of phenolic OH excluding ortho intramolecular Hbond substituents is 1. The van der Waals surface area contributed by atoms with Gasteiger partial charge in [0.1, 0.15) is 11.5 Å². The first-order valence-electron chi connectivity index (χ1n) is 6.64. The van der Waals surface area contributed by atoms with E-state index in [1.165, 1.54) is 13.2 Å². The number of phenols is 1. The number of nitrogens with zero attached hydrogens (tertiary/aromatic N) is 2. The van der Waals surface area contributed by atoms with E-state index >= 15 is 0 Å². The summed E-state index contributed by atoms with van der Waals surface area (Å²) in [7, 11) is 3.21. The van der Waals surface area contributed by atoms with Crippen LogP contribution in [0.15, 0.2) is 42.6 Å². The van der Waals surface area contributed by atoms with Crippen LogP contribution in [0.5, 0.6) is 11.5 Å². The molecule has 5 heteroatoms. The summed E-state index contributed by atoms with van der Waals surface area (Å²) < 4.78 is 5.00. The minimum Gasteiger partial charge on any atom is -0.507 e. The normalized spacial score (nSPS) is 10.2. The molecule has 1 amide bonds. The summed E-state index contributed by atoms with van der Waals surface area (Å²) in [5, 5.41) is 9.89. The Morgan fingerprint density at radius 1 is 1.33 bits per heavy atom. The van der Waals surface area contributed by atoms with Crippen LogP contribution in [0.2, 0.25) is 0 Å². The molecule has 0 aliphatic rings. The highest BCUT2D eigenvalue weighted by Gasteiger charge is 2.16. The lowest BCUT2D eigenvalue weighted by Crippen LogP contribution is -2.29. The molecule has 0 fully saturated rings. The molecule has 1 N–H and O–H groups in total. The number of amides is 1. The van der Waals surface area contributed by atoms with Gasteiger partial charge in [-0.1, -0.05) is 6.07 Å². The molecule has 0 bridgehead atoms. The van der Waals surface area contributed by atoms with Gasteiger partial charge in [-0.25, -0.2) is 0 Å². The number of likely N-dealkylation sites (N-methyl/N-ethyl adjacent to an activating group) is 1. The zero-order valence-electron chi connectivity index (χ0n) is 12.1. The molecule has 1 aromatic heterocycles. The fourth-order valence-electron chi connectivity index (χ4n) is 1.95. The number of aromatic hydroxyl groups is 1. The first-order chi connectivity index (χ1) is 10.1. The summed E-state index contributed by atoms with van der Waals surface area (Å²) in [5.41, 5.74) is 1.19. The highest BCUT2D eigenvalue weighted by molar-refractivity contribution is 5.96. The Kier molecular flexibility index (Phi) is 4.77. The van der Waals surface area contributed by atoms with Crippen LogP contribution in [0.3, 0.4) is 0 Å². The number of pyridine rings is 1. The van der Waals surface area contributed by atoms with E-state index < -0.39 is 0 Å². The molecule has 0 saturated carbocycles. The van der Waals surface area contributed by atoms with Crippen molar-refractivity contribution in [2.24, 2.45) is 0 Å². The fraction of sp³-hybridized carbons (Fsp3) is 0.250. The number of aromatic nitrogens is 1. The van der Waals surface area contributed by atoms with Gasteiger partial charge >= 0.3 is 0 Å². The summed E-state index contributed by atoms with van der Waals surface area (Å²) in [6.45, 7) is 0.529. The van der Waals surface area contributed by atoms with E-state index in [1.54, 1.807) is 30.3 Å². The van der Waals surface area contributed by atoms with Gasteiger partial charge in [0.15, 0.2) is 0 Å². The standard InChI is InChI=1S/C16H18N2O3/c1-18(10-8-12-5-3-4-9-17-12)16(20)14-7-6-13(21-2)11-15(14)19/h3-7,9,11,19H,8,10H2,1-2H3. The number of rotatable bonds is 5. The SMILES string of the molecule is COc1ccc(C(=O)N(C)CCc2ccccn2)c(O)c1. The Labute approximate surface area is 123 Å². The van der Waals surface area contributed by atoms with Gasteiger partial charge in [-0.15, -0.1) is 0 Å². The molecule has 1 heterocycles. The third-order valence-corrected chi connectivity index (χ3v) is 3.21. The van der Waals surface area contributed by atoms with Crippen molar-refractivity contribution in [3.8, 4) is 11.5 Å². The molecule has 5 nitrogen and oxygen atoms in total. The van der Waals surface area contributed by atoms with Crippen molar-refractivity contribution in [2.75, 3.05) is 20.7 Å². The second-order valence-electron chi connectivity index (χ2n) is 4.68. The zero-order chi connectivity index (χ0) is 15.2. The van der Waals surface area contributed by atoms with Crippen molar-refractivity contribution < 1.29 is 14.6 Å². The molecule has 0 aliphatic heterocycles. The second kappa shape index (κ2) is 6.74. The van der Waals surface area contributed by atoms with Gasteiger partial charge in [0.25, 0.3) is 5.91 Å². The molecule has 21 heavy (non-hydrogen) atoms. The number of carbonyl (C=O) groups is 1. The predicted octanol–water partition coefficient (Wildman–Crippen LogP) is 2.11. The Balaban J connectivity index is 2.02. The third-order valence-electron chi connectivity index (χ3n) is 3.21. The van der Waals surface area contributed by atoms with E-state index in [2.05, 4.69) is 4.98 Å². The minimum absolute atomic E-state index is 0.0796. The van der Waals surface area contributed by atoms with E-state index in [1.807, 2.05) is 18.2 Å². The molecule has 0 atom stereocenters. The lowest BCUT2D eigenvalue weighted by Gasteiger charge is -2.17. The topological polar surface area (TPSA) is 62.7 Å². The van der Waals surface area contributed by atoms with Crippen LogP contribution >= 0.6 is 0 Å². The zero-order valence-corrected chi connectivity index (χ0v) is 12.1. The maximum absolute atomic E-state index is 12.3. The molecular weight excluding hydrogens is 268 g/mol. The maximum atomic E-state index is 12.3. The van der Waals surface area contributed by atoms with Crippen LogP contribution in [0, 0.1) is 0 Å². The van der Waals surface area contributed by atoms with Crippen molar-refractivity contribution in [3.05, 3.63) is 53.9 Å². The predicted molar refractivity (Wildman–Crippen MR) is 79.6 cm³/mol. The fourth-order valence-corrected chi connectivity index (χ4v) is 1.95. The van der Waals surface area contributed by atoms with Gasteiger partial charge < -0.3 is 14.7 Å². The highest BCUT2D eigenvalue weighted by atomic mass is 16.5. The van der Waals surface area contributed by atoms with E-state index in [4.69, 9.17) is 4.74 Å². The number of ether oxygens (including phenoxy) is 1. The minimum atomic E-state index is -0.230. The van der Waals surface area contributed by atoms with Crippen LogP contribution in [-0.2, 0) is 6.42 Å². The smallest absolute Gasteiger partial charge is 0.257 e. The van der Waals surface area contributed by atoms with Crippen molar-refractivity contribution in [3.63, 3.8) is 0 Å². The number of benzene rings is 1. The van der Waals surface area contributed by atoms with Crippen LogP contribution < -0.4 is 4.74 Å². The Morgan fingerprint density at radius 2 is 2.14 bits per heavy atom. The number of carbonyl (C=O) groups excluding carboxylic acids is 1. The summed E-state index contributed by atoms with van der Waals surface area (Å²) in [4.78, 5) is 18.1. The summed E-state index contributed by atoms with van der Waals surface area (Å²) >= 11 is 0. The van der Waals surface area contributed by atoms with Gasteiger partial charge in [0.2, 0.25) is 0 Å². The molecule has 110 valence electrons. The molecule has 0 saturated heterocycles. The Hall–Kier alpha value is -2.56. The lowest BCUT2D eigenvalue weighted by atomic mass is 10.1. The van der Waals surface area contributed by atoms with Crippen LogP contribution in [0.1, 0.15) is 16.1 Å². The number of hydrogen-bond donors (Lipinski definition) is 1. The van der Waals surface area contributed by atoms with E-state index in [0.29, 0.717) is 18.7 Å². The highest BCUT2D eigenvalue weighted by Crippen LogP contribution is 2.24. The van der Waals surface area contributed by atoms with Crippen LogP contribution in [0.4, 0.5) is 0 Å². The van der Waals surface area contributed by atoms with E-state index in [-0.39, 0.29) is 17.2 Å². The summed E-state index contributed by atoms with van der Waals surface area (Å²) in [5.74, 6) is 0.204. The monoisotopic (exact) mass is 286 g/mol. The Morgan fingerprint density at radius 3 is 2.76 bits per heavy atom. The molecule has 2 rings (SSSR count). The van der Waals surface area contributed by atoms with E-state index in [9.17, 15) is 9.90 Å². The molecular formula is C16H18N2O3. The number of methoxy groups -OCH3 is 1. The van der Waals surface area contributed by atoms with Crippen molar-refractivity contribution >= 4 is 5.91 Å². The third kappa shape index (κ3) is 3.72. The average Bonchev–Trinajstić information content (AvgIpc) is 2.52. The molecule has 0 radical (unpaired) electrons. The maximum Gasteiger partial charge on any atom is 0.257 e. The molecule has 0 aliphatic carbocycles. The van der Waals surface area contributed by atoms with Gasteiger partial charge in [-0.2, -0.15) is 0 Å². The summed E-state index contributed by atoms with van der Waals surface area (Å²) in [6, 6.07) is 10.3. The second-order valence-corrected chi connectivity index (χ2v) is 4.68. The van der Waals surface area contributed by atoms with Gasteiger partial charge in [0.05, 0.1) is 12.7 Å². The molecule has 0 spiro atoms. The van der Waals surface area contributed by atoms with Gasteiger partial charge in [-0.05, 0) is 24.3 Å². The van der Waals surface area contributed by atoms with Gasteiger partial charge in [-0.3, -0.25) is 9.78 Å². The van der Waals surface area contributed by atoms with Crippen LogP contribution in [-0.4, -0.2) is 41.6 Å². The number of hydrogen-bond acceptors (Lipinski definition) is 4. The average molecular weight is 286 g/mol. The van der Waals surface area contributed by atoms with Crippen molar-refractivity contribution in [1.29, 1.82) is 0 Å². The summed E-state index contributed by atoms with van der Waals surface area (Å²) in [6.07, 6.45) is 2.40. The van der Waals surface area contributed by atoms with E-state index in [0.717, 1.165) is 5.69 Å². The molecule has 2 aromatic rings. The largest absolute Gasteiger partial charge is 0.507 e. The first-order valence-corrected chi connectivity index (χ1v) is 6.64. The molecule has 0 unspecified atom stereocenters. The quantitative estimate of drug-likeness (QED) is 0.914. The molecule has 1 aromatic carbocycles. The van der Waals surface area contributed by atoms with Gasteiger partial charge in [0, 0.05) is 38.0 Å². The first kappa shape index (κ1) is 14.8. The van der Waals surface area contributed by atoms with Crippen molar-refractivity contribution in [1.82, 2.24) is 9.88 Å². The lowest BCUT2D eigenvalue weighted by molar-refractivity contribution is 0.0793.